The van der Waals surface area contributed by atoms with E-state index in [2.05, 4.69) is 9.97 Å². The molecular weight excluding hydrogens is 230 g/mol. The summed E-state index contributed by atoms with van der Waals surface area (Å²) in [5, 5.41) is 9.31. The molecule has 0 aliphatic rings. The summed E-state index contributed by atoms with van der Waals surface area (Å²) in [7, 11) is 0. The topological polar surface area (TPSA) is 66.3 Å². The highest BCUT2D eigenvalue weighted by molar-refractivity contribution is 5.90. The third-order valence-electron chi connectivity index (χ3n) is 2.56. The Morgan fingerprint density at radius 3 is 2.61 bits per heavy atom. The van der Waals surface area contributed by atoms with Crippen molar-refractivity contribution in [3.05, 3.63) is 30.6 Å². The van der Waals surface area contributed by atoms with Gasteiger partial charge in [-0.15, -0.1) is 0 Å². The van der Waals surface area contributed by atoms with Crippen LogP contribution in [0.5, 0.6) is 0 Å². The van der Waals surface area contributed by atoms with Gasteiger partial charge >= 0.3 is 6.09 Å². The van der Waals surface area contributed by atoms with Gasteiger partial charge in [-0.05, 0) is 39.0 Å². The van der Waals surface area contributed by atoms with Crippen molar-refractivity contribution in [3.8, 4) is 0 Å². The lowest BCUT2D eigenvalue weighted by atomic mass is 10.1. The second kappa shape index (κ2) is 4.25. The molecule has 1 N–H and O–H groups in total. The highest BCUT2D eigenvalue weighted by Gasteiger charge is 2.28. The fourth-order valence-electron chi connectivity index (χ4n) is 1.85. The van der Waals surface area contributed by atoms with Crippen molar-refractivity contribution in [3.63, 3.8) is 0 Å². The van der Waals surface area contributed by atoms with Gasteiger partial charge in [0.25, 0.3) is 0 Å². The molecule has 2 aromatic heterocycles. The summed E-state index contributed by atoms with van der Waals surface area (Å²) >= 11 is 0. The zero-order valence-electron chi connectivity index (χ0n) is 10.6. The van der Waals surface area contributed by atoms with E-state index in [0.29, 0.717) is 11.2 Å². The summed E-state index contributed by atoms with van der Waals surface area (Å²) in [6.07, 6.45) is 2.22. The lowest BCUT2D eigenvalue weighted by Gasteiger charge is -2.32. The Labute approximate surface area is 105 Å². The summed E-state index contributed by atoms with van der Waals surface area (Å²) in [5.74, 6) is 0. The fraction of sp³-hybridized carbons (Fsp3) is 0.308. The molecule has 0 spiro atoms. The molecule has 94 valence electrons. The molecule has 0 radical (unpaired) electrons. The second-order valence-electron chi connectivity index (χ2n) is 5.02. The molecule has 0 aliphatic carbocycles. The van der Waals surface area contributed by atoms with E-state index in [-0.39, 0.29) is 0 Å². The molecule has 0 aromatic carbocycles. The predicted octanol–water partition coefficient (Wildman–Crippen LogP) is 2.91. The van der Waals surface area contributed by atoms with E-state index in [9.17, 15) is 9.90 Å². The van der Waals surface area contributed by atoms with Gasteiger partial charge in [0.1, 0.15) is 0 Å². The Hall–Kier alpha value is -2.17. The number of carbonyl (C=O) groups is 1. The van der Waals surface area contributed by atoms with Crippen LogP contribution in [0.25, 0.3) is 11.0 Å². The summed E-state index contributed by atoms with van der Waals surface area (Å²) < 4.78 is 0. The minimum Gasteiger partial charge on any atom is -0.465 e. The van der Waals surface area contributed by atoms with Crippen LogP contribution in [0.15, 0.2) is 30.6 Å². The average Bonchev–Trinajstić information content (AvgIpc) is 2.26. The molecule has 0 atom stereocenters. The van der Waals surface area contributed by atoms with Gasteiger partial charge in [0.15, 0.2) is 0 Å². The number of aromatic nitrogens is 2. The van der Waals surface area contributed by atoms with E-state index in [0.717, 1.165) is 5.52 Å². The van der Waals surface area contributed by atoms with Crippen LogP contribution in [0.4, 0.5) is 10.5 Å². The third-order valence-corrected chi connectivity index (χ3v) is 2.56. The first-order valence-corrected chi connectivity index (χ1v) is 5.63. The molecular formula is C13H15N3O2. The molecule has 0 saturated carbocycles. The average molecular weight is 245 g/mol. The van der Waals surface area contributed by atoms with Crippen molar-refractivity contribution in [1.29, 1.82) is 0 Å². The van der Waals surface area contributed by atoms with E-state index in [4.69, 9.17) is 0 Å². The lowest BCUT2D eigenvalue weighted by Crippen LogP contribution is -2.45. The number of carboxylic acid groups (broad SMARTS) is 1. The van der Waals surface area contributed by atoms with Crippen LogP contribution < -0.4 is 4.90 Å². The Morgan fingerprint density at radius 1 is 1.28 bits per heavy atom. The van der Waals surface area contributed by atoms with Gasteiger partial charge in [-0.2, -0.15) is 0 Å². The van der Waals surface area contributed by atoms with Crippen LogP contribution >= 0.6 is 0 Å². The first-order chi connectivity index (χ1) is 8.39. The molecule has 5 heteroatoms. The maximum Gasteiger partial charge on any atom is 0.412 e. The first-order valence-electron chi connectivity index (χ1n) is 5.63. The molecule has 0 unspecified atom stereocenters. The fourth-order valence-corrected chi connectivity index (χ4v) is 1.85. The number of fused-ring (bicyclic) bond motifs is 1. The zero-order chi connectivity index (χ0) is 13.3. The molecule has 2 heterocycles. The minimum atomic E-state index is -1.00. The van der Waals surface area contributed by atoms with E-state index in [1.54, 1.807) is 24.5 Å². The number of amides is 1. The van der Waals surface area contributed by atoms with Crippen molar-refractivity contribution < 1.29 is 9.90 Å². The highest BCUT2D eigenvalue weighted by atomic mass is 16.4. The van der Waals surface area contributed by atoms with Gasteiger partial charge in [-0.25, -0.2) is 4.79 Å². The molecule has 18 heavy (non-hydrogen) atoms. The van der Waals surface area contributed by atoms with Gasteiger partial charge in [0.2, 0.25) is 0 Å². The van der Waals surface area contributed by atoms with E-state index in [1.807, 2.05) is 26.8 Å². The molecule has 2 aromatic rings. The number of nitrogens with zero attached hydrogens (tertiary/aromatic N) is 3. The summed E-state index contributed by atoms with van der Waals surface area (Å²) in [6, 6.07) is 5.38. The highest BCUT2D eigenvalue weighted by Crippen LogP contribution is 2.25. The van der Waals surface area contributed by atoms with E-state index < -0.39 is 11.6 Å². The SMILES string of the molecule is CC(C)(C)N(C(=O)O)c1cnc2cccnc2c1. The van der Waals surface area contributed by atoms with E-state index in [1.165, 1.54) is 4.90 Å². The monoisotopic (exact) mass is 245 g/mol. The standard InChI is InChI=1S/C13H15N3O2/c1-13(2,3)16(12(17)18)9-7-11-10(15-8-9)5-4-6-14-11/h4-8H,1-3H3,(H,17,18). The summed E-state index contributed by atoms with van der Waals surface area (Å²) in [6.45, 7) is 5.51. The third kappa shape index (κ3) is 2.25. The number of anilines is 1. The van der Waals surface area contributed by atoms with Crippen LogP contribution in [0, 0.1) is 0 Å². The number of rotatable bonds is 1. The molecule has 0 saturated heterocycles. The van der Waals surface area contributed by atoms with Gasteiger partial charge in [-0.1, -0.05) is 0 Å². The van der Waals surface area contributed by atoms with Crippen molar-refractivity contribution >= 4 is 22.8 Å². The van der Waals surface area contributed by atoms with E-state index >= 15 is 0 Å². The van der Waals surface area contributed by atoms with Crippen LogP contribution in [0.3, 0.4) is 0 Å². The lowest BCUT2D eigenvalue weighted by molar-refractivity contribution is 0.195. The molecule has 1 amide bonds. The molecule has 2 rings (SSSR count). The van der Waals surface area contributed by atoms with Gasteiger partial charge in [0.05, 0.1) is 22.9 Å². The molecule has 5 nitrogen and oxygen atoms in total. The largest absolute Gasteiger partial charge is 0.465 e. The first kappa shape index (κ1) is 12.3. The Kier molecular flexibility index (Phi) is 2.90. The zero-order valence-corrected chi connectivity index (χ0v) is 10.6. The Bertz CT molecular complexity index is 590. The smallest absolute Gasteiger partial charge is 0.412 e. The number of pyridine rings is 2. The quantitative estimate of drug-likeness (QED) is 0.838. The number of hydrogen-bond donors (Lipinski definition) is 1. The summed E-state index contributed by atoms with van der Waals surface area (Å²) in [4.78, 5) is 21.1. The van der Waals surface area contributed by atoms with Crippen LogP contribution in [0.1, 0.15) is 20.8 Å². The van der Waals surface area contributed by atoms with Crippen molar-refractivity contribution in [1.82, 2.24) is 9.97 Å². The molecule has 0 bridgehead atoms. The minimum absolute atomic E-state index is 0.529. The summed E-state index contributed by atoms with van der Waals surface area (Å²) in [5.41, 5.74) is 1.43. The van der Waals surface area contributed by atoms with Gasteiger partial charge < -0.3 is 5.11 Å². The molecule has 0 aliphatic heterocycles. The van der Waals surface area contributed by atoms with Crippen LogP contribution in [-0.2, 0) is 0 Å². The van der Waals surface area contributed by atoms with Crippen LogP contribution in [-0.4, -0.2) is 26.7 Å². The second-order valence-corrected chi connectivity index (χ2v) is 5.02. The van der Waals surface area contributed by atoms with Gasteiger partial charge in [0, 0.05) is 11.7 Å². The van der Waals surface area contributed by atoms with Crippen molar-refractivity contribution in [2.24, 2.45) is 0 Å². The Balaban J connectivity index is 2.55. The predicted molar refractivity (Wildman–Crippen MR) is 69.8 cm³/mol. The molecule has 0 fully saturated rings. The maximum atomic E-state index is 11.4. The van der Waals surface area contributed by atoms with Crippen molar-refractivity contribution in [2.45, 2.75) is 26.3 Å². The Morgan fingerprint density at radius 2 is 2.00 bits per heavy atom. The van der Waals surface area contributed by atoms with Gasteiger partial charge in [-0.3, -0.25) is 14.9 Å². The maximum absolute atomic E-state index is 11.4. The van der Waals surface area contributed by atoms with Crippen LogP contribution in [0.2, 0.25) is 0 Å². The number of hydrogen-bond acceptors (Lipinski definition) is 3. The normalized spacial score (nSPS) is 11.5. The van der Waals surface area contributed by atoms with Crippen molar-refractivity contribution in [2.75, 3.05) is 4.90 Å².